The van der Waals surface area contributed by atoms with Crippen LogP contribution in [0.1, 0.15) is 17.8 Å². The third-order valence-corrected chi connectivity index (χ3v) is 3.19. The minimum absolute atomic E-state index is 0.0166. The van der Waals surface area contributed by atoms with E-state index in [1.54, 1.807) is 28.4 Å². The van der Waals surface area contributed by atoms with E-state index in [2.05, 4.69) is 10.4 Å². The van der Waals surface area contributed by atoms with E-state index >= 15 is 0 Å². The fourth-order valence-corrected chi connectivity index (χ4v) is 2.01. The topological polar surface area (TPSA) is 46.9 Å². The van der Waals surface area contributed by atoms with Crippen LogP contribution in [0, 0.1) is 0 Å². The summed E-state index contributed by atoms with van der Waals surface area (Å²) in [5.74, 6) is -0.0166. The summed E-state index contributed by atoms with van der Waals surface area (Å²) in [5, 5.41) is 8.92. The Morgan fingerprint density at radius 2 is 2.50 bits per heavy atom. The Morgan fingerprint density at radius 1 is 1.62 bits per heavy atom. The zero-order chi connectivity index (χ0) is 11.4. The molecule has 1 N–H and O–H groups in total. The summed E-state index contributed by atoms with van der Waals surface area (Å²) in [6.07, 6.45) is 3.46. The van der Waals surface area contributed by atoms with Gasteiger partial charge in [0, 0.05) is 17.3 Å². The van der Waals surface area contributed by atoms with Gasteiger partial charge in [0.15, 0.2) is 0 Å². The molecule has 2 aromatic rings. The van der Waals surface area contributed by atoms with Crippen molar-refractivity contribution in [3.63, 3.8) is 0 Å². The van der Waals surface area contributed by atoms with Crippen LogP contribution in [0.25, 0.3) is 0 Å². The molecule has 2 aromatic heterocycles. The maximum atomic E-state index is 11.8. The first-order chi connectivity index (χ1) is 7.77. The quantitative estimate of drug-likeness (QED) is 0.878. The lowest BCUT2D eigenvalue weighted by Gasteiger charge is -2.11. The number of hydrogen-bond donors (Lipinski definition) is 1. The van der Waals surface area contributed by atoms with Gasteiger partial charge in [-0.05, 0) is 24.4 Å². The van der Waals surface area contributed by atoms with Gasteiger partial charge in [0.25, 0.3) is 0 Å². The zero-order valence-corrected chi connectivity index (χ0v) is 9.78. The van der Waals surface area contributed by atoms with Gasteiger partial charge in [-0.15, -0.1) is 11.3 Å². The molecule has 84 valence electrons. The minimum Gasteiger partial charge on any atom is -0.349 e. The standard InChI is InChI=1S/C11H13N3OS/c1-9(14-6-3-5-13-14)11(15)12-8-10-4-2-7-16-10/h2-7,9H,8H2,1H3,(H,12,15)/t9-/m0/s1. The van der Waals surface area contributed by atoms with Crippen LogP contribution in [0.15, 0.2) is 36.0 Å². The highest BCUT2D eigenvalue weighted by molar-refractivity contribution is 7.09. The van der Waals surface area contributed by atoms with Gasteiger partial charge in [0.2, 0.25) is 5.91 Å². The molecule has 2 heterocycles. The molecular formula is C11H13N3OS. The first-order valence-electron chi connectivity index (χ1n) is 5.06. The first-order valence-corrected chi connectivity index (χ1v) is 5.94. The van der Waals surface area contributed by atoms with Crippen molar-refractivity contribution in [3.05, 3.63) is 40.8 Å². The van der Waals surface area contributed by atoms with Gasteiger partial charge in [-0.25, -0.2) is 0 Å². The predicted octanol–water partition coefficient (Wildman–Crippen LogP) is 1.82. The Bertz CT molecular complexity index is 436. The second-order valence-electron chi connectivity index (χ2n) is 3.46. The number of hydrogen-bond acceptors (Lipinski definition) is 3. The Balaban J connectivity index is 1.89. The van der Waals surface area contributed by atoms with Gasteiger partial charge < -0.3 is 5.32 Å². The fourth-order valence-electron chi connectivity index (χ4n) is 1.36. The zero-order valence-electron chi connectivity index (χ0n) is 8.96. The number of thiophene rings is 1. The van der Waals surface area contributed by atoms with Crippen molar-refractivity contribution in [2.75, 3.05) is 0 Å². The van der Waals surface area contributed by atoms with Crippen molar-refractivity contribution >= 4 is 17.2 Å². The molecule has 1 atom stereocenters. The molecule has 0 saturated heterocycles. The second kappa shape index (κ2) is 4.94. The van der Waals surface area contributed by atoms with Gasteiger partial charge in [0.1, 0.15) is 6.04 Å². The number of carbonyl (C=O) groups is 1. The summed E-state index contributed by atoms with van der Waals surface area (Å²) in [6, 6.07) is 5.52. The van der Waals surface area contributed by atoms with Crippen molar-refractivity contribution in [3.8, 4) is 0 Å². The number of aromatic nitrogens is 2. The van der Waals surface area contributed by atoms with Gasteiger partial charge in [0.05, 0.1) is 6.54 Å². The number of nitrogens with one attached hydrogen (secondary N) is 1. The van der Waals surface area contributed by atoms with E-state index < -0.39 is 0 Å². The van der Waals surface area contributed by atoms with E-state index in [1.807, 2.05) is 30.5 Å². The molecule has 5 heteroatoms. The molecule has 0 spiro atoms. The SMILES string of the molecule is C[C@@H](C(=O)NCc1cccs1)n1cccn1. The molecule has 0 aromatic carbocycles. The molecule has 0 fully saturated rings. The molecule has 1 amide bonds. The van der Waals surface area contributed by atoms with Crippen LogP contribution in [0.5, 0.6) is 0 Å². The Labute approximate surface area is 97.9 Å². The smallest absolute Gasteiger partial charge is 0.244 e. The molecule has 4 nitrogen and oxygen atoms in total. The van der Waals surface area contributed by atoms with Crippen LogP contribution in [-0.2, 0) is 11.3 Å². The van der Waals surface area contributed by atoms with Gasteiger partial charge in [-0.3, -0.25) is 9.48 Å². The highest BCUT2D eigenvalue weighted by atomic mass is 32.1. The summed E-state index contributed by atoms with van der Waals surface area (Å²) in [6.45, 7) is 2.42. The molecule has 0 aliphatic rings. The molecule has 0 aliphatic heterocycles. The number of amides is 1. The third-order valence-electron chi connectivity index (χ3n) is 2.32. The first kappa shape index (κ1) is 10.9. The van der Waals surface area contributed by atoms with Crippen LogP contribution in [-0.4, -0.2) is 15.7 Å². The van der Waals surface area contributed by atoms with Crippen LogP contribution < -0.4 is 5.32 Å². The monoisotopic (exact) mass is 235 g/mol. The van der Waals surface area contributed by atoms with E-state index in [-0.39, 0.29) is 11.9 Å². The lowest BCUT2D eigenvalue weighted by molar-refractivity contribution is -0.124. The van der Waals surface area contributed by atoms with E-state index in [9.17, 15) is 4.79 Å². The normalized spacial score (nSPS) is 12.3. The Kier molecular flexibility index (Phi) is 3.36. The summed E-state index contributed by atoms with van der Waals surface area (Å²) >= 11 is 1.64. The second-order valence-corrected chi connectivity index (χ2v) is 4.49. The lowest BCUT2D eigenvalue weighted by atomic mass is 10.3. The van der Waals surface area contributed by atoms with Crippen molar-refractivity contribution in [2.24, 2.45) is 0 Å². The predicted molar refractivity (Wildman–Crippen MR) is 63.1 cm³/mol. The van der Waals surface area contributed by atoms with Crippen LogP contribution in [0.3, 0.4) is 0 Å². The largest absolute Gasteiger partial charge is 0.349 e. The minimum atomic E-state index is -0.269. The molecule has 0 radical (unpaired) electrons. The maximum absolute atomic E-state index is 11.8. The van der Waals surface area contributed by atoms with Crippen LogP contribution in [0.2, 0.25) is 0 Å². The van der Waals surface area contributed by atoms with Gasteiger partial charge in [-0.2, -0.15) is 5.10 Å². The number of nitrogens with zero attached hydrogens (tertiary/aromatic N) is 2. The third kappa shape index (κ3) is 2.49. The summed E-state index contributed by atoms with van der Waals surface area (Å²) in [5.41, 5.74) is 0. The molecule has 0 aliphatic carbocycles. The molecule has 0 unspecified atom stereocenters. The lowest BCUT2D eigenvalue weighted by Crippen LogP contribution is -2.30. The van der Waals surface area contributed by atoms with Crippen molar-refractivity contribution in [1.82, 2.24) is 15.1 Å². The van der Waals surface area contributed by atoms with Crippen molar-refractivity contribution in [2.45, 2.75) is 19.5 Å². The highest BCUT2D eigenvalue weighted by Crippen LogP contribution is 2.09. The average molecular weight is 235 g/mol. The molecule has 2 rings (SSSR count). The molecule has 16 heavy (non-hydrogen) atoms. The number of carbonyl (C=O) groups excluding carboxylic acids is 1. The molecular weight excluding hydrogens is 222 g/mol. The average Bonchev–Trinajstić information content (AvgIpc) is 2.96. The van der Waals surface area contributed by atoms with E-state index in [1.165, 1.54) is 0 Å². The van der Waals surface area contributed by atoms with Crippen molar-refractivity contribution < 1.29 is 4.79 Å². The molecule has 0 saturated carbocycles. The maximum Gasteiger partial charge on any atom is 0.244 e. The summed E-state index contributed by atoms with van der Waals surface area (Å²) < 4.78 is 1.64. The summed E-state index contributed by atoms with van der Waals surface area (Å²) in [4.78, 5) is 12.9. The van der Waals surface area contributed by atoms with E-state index in [4.69, 9.17) is 0 Å². The van der Waals surface area contributed by atoms with E-state index in [0.29, 0.717) is 6.54 Å². The van der Waals surface area contributed by atoms with Gasteiger partial charge >= 0.3 is 0 Å². The van der Waals surface area contributed by atoms with Gasteiger partial charge in [-0.1, -0.05) is 6.07 Å². The Morgan fingerprint density at radius 3 is 3.12 bits per heavy atom. The van der Waals surface area contributed by atoms with Crippen LogP contribution >= 0.6 is 11.3 Å². The highest BCUT2D eigenvalue weighted by Gasteiger charge is 2.14. The Hall–Kier alpha value is -1.62. The summed E-state index contributed by atoms with van der Waals surface area (Å²) in [7, 11) is 0. The molecule has 0 bridgehead atoms. The van der Waals surface area contributed by atoms with Crippen molar-refractivity contribution in [1.29, 1.82) is 0 Å². The fraction of sp³-hybridized carbons (Fsp3) is 0.273. The number of rotatable bonds is 4. The van der Waals surface area contributed by atoms with E-state index in [0.717, 1.165) is 4.88 Å². The van der Waals surface area contributed by atoms with Crippen LogP contribution in [0.4, 0.5) is 0 Å².